The minimum absolute atomic E-state index is 0.0155. The fraction of sp³-hybridized carbons (Fsp3) is 0.500. The zero-order chi connectivity index (χ0) is 16.1. The molecule has 1 aromatic carbocycles. The fourth-order valence-corrected chi connectivity index (χ4v) is 3.89. The molecule has 120 valence electrons. The Labute approximate surface area is 140 Å². The number of amides is 2. The number of benzene rings is 1. The minimum Gasteiger partial charge on any atom is -0.370 e. The number of primary amides is 1. The van der Waals surface area contributed by atoms with Crippen LogP contribution in [-0.4, -0.2) is 35.6 Å². The molecular weight excluding hydrogens is 320 g/mol. The number of halogens is 1. The van der Waals surface area contributed by atoms with E-state index in [9.17, 15) is 9.59 Å². The summed E-state index contributed by atoms with van der Waals surface area (Å²) in [5.74, 6) is 0.768. The molecule has 22 heavy (non-hydrogen) atoms. The smallest absolute Gasteiger partial charge is 0.255 e. The van der Waals surface area contributed by atoms with Gasteiger partial charge in [-0.15, -0.1) is 11.8 Å². The van der Waals surface area contributed by atoms with Gasteiger partial charge in [-0.25, -0.2) is 0 Å². The summed E-state index contributed by atoms with van der Waals surface area (Å²) in [4.78, 5) is 26.6. The van der Waals surface area contributed by atoms with Crippen LogP contribution in [0.4, 0.5) is 0 Å². The van der Waals surface area contributed by atoms with Crippen molar-refractivity contribution in [3.63, 3.8) is 0 Å². The molecule has 1 fully saturated rings. The van der Waals surface area contributed by atoms with E-state index < -0.39 is 0 Å². The molecule has 4 nitrogen and oxygen atoms in total. The maximum atomic E-state index is 12.8. The standard InChI is InChI=1S/C16H21ClN2O2S/c1-2-22-14-9-12(17)5-6-13(14)16(21)19-7-3-4-11(10-19)8-15(18)20/h5-6,9,11H,2-4,7-8,10H2,1H3,(H2,18,20). The number of nitrogens with two attached hydrogens (primary N) is 1. The van der Waals surface area contributed by atoms with Gasteiger partial charge in [0.15, 0.2) is 0 Å². The van der Waals surface area contributed by atoms with Crippen LogP contribution in [0.25, 0.3) is 0 Å². The fourth-order valence-electron chi connectivity index (χ4n) is 2.82. The average molecular weight is 341 g/mol. The second kappa shape index (κ2) is 7.88. The first-order valence-electron chi connectivity index (χ1n) is 7.51. The van der Waals surface area contributed by atoms with Crippen molar-refractivity contribution in [1.29, 1.82) is 0 Å². The van der Waals surface area contributed by atoms with E-state index in [2.05, 4.69) is 0 Å². The molecule has 0 bridgehead atoms. The van der Waals surface area contributed by atoms with Gasteiger partial charge >= 0.3 is 0 Å². The first kappa shape index (κ1) is 17.2. The van der Waals surface area contributed by atoms with Crippen LogP contribution in [0.3, 0.4) is 0 Å². The van der Waals surface area contributed by atoms with Crippen molar-refractivity contribution in [3.05, 3.63) is 28.8 Å². The zero-order valence-corrected chi connectivity index (χ0v) is 14.3. The van der Waals surface area contributed by atoms with E-state index in [0.29, 0.717) is 23.6 Å². The highest BCUT2D eigenvalue weighted by molar-refractivity contribution is 7.99. The van der Waals surface area contributed by atoms with Gasteiger partial charge in [0.1, 0.15) is 0 Å². The van der Waals surface area contributed by atoms with Gasteiger partial charge in [0.2, 0.25) is 5.91 Å². The van der Waals surface area contributed by atoms with Crippen molar-refractivity contribution < 1.29 is 9.59 Å². The average Bonchev–Trinajstić information content (AvgIpc) is 2.47. The van der Waals surface area contributed by atoms with Crippen molar-refractivity contribution in [3.8, 4) is 0 Å². The second-order valence-corrected chi connectivity index (χ2v) is 7.25. The van der Waals surface area contributed by atoms with Gasteiger partial charge in [0.05, 0.1) is 5.56 Å². The second-order valence-electron chi connectivity index (χ2n) is 5.50. The molecule has 2 amide bonds. The van der Waals surface area contributed by atoms with E-state index in [1.54, 1.807) is 23.9 Å². The molecule has 0 aliphatic carbocycles. The highest BCUT2D eigenvalue weighted by atomic mass is 35.5. The van der Waals surface area contributed by atoms with Gasteiger partial charge in [-0.2, -0.15) is 0 Å². The Balaban J connectivity index is 2.15. The number of likely N-dealkylation sites (tertiary alicyclic amines) is 1. The molecule has 1 saturated heterocycles. The Morgan fingerprint density at radius 3 is 2.91 bits per heavy atom. The summed E-state index contributed by atoms with van der Waals surface area (Å²) in [6.07, 6.45) is 2.21. The van der Waals surface area contributed by atoms with Crippen molar-refractivity contribution in [1.82, 2.24) is 4.90 Å². The highest BCUT2D eigenvalue weighted by Gasteiger charge is 2.26. The monoisotopic (exact) mass is 340 g/mol. The number of nitrogens with zero attached hydrogens (tertiary/aromatic N) is 1. The topological polar surface area (TPSA) is 63.4 Å². The van der Waals surface area contributed by atoms with Crippen LogP contribution in [0.2, 0.25) is 5.02 Å². The van der Waals surface area contributed by atoms with Gasteiger partial charge in [-0.3, -0.25) is 9.59 Å². The molecule has 1 aliphatic rings. The molecular formula is C16H21ClN2O2S. The van der Waals surface area contributed by atoms with Crippen molar-refractivity contribution >= 4 is 35.2 Å². The lowest BCUT2D eigenvalue weighted by molar-refractivity contribution is -0.119. The predicted molar refractivity (Wildman–Crippen MR) is 90.3 cm³/mol. The number of rotatable bonds is 5. The molecule has 0 spiro atoms. The minimum atomic E-state index is -0.298. The van der Waals surface area contributed by atoms with Crippen molar-refractivity contribution in [2.24, 2.45) is 11.7 Å². The van der Waals surface area contributed by atoms with Crippen LogP contribution < -0.4 is 5.73 Å². The molecule has 6 heteroatoms. The Kier molecular flexibility index (Phi) is 6.15. The third kappa shape index (κ3) is 4.40. The van der Waals surface area contributed by atoms with Crippen LogP contribution in [0, 0.1) is 5.92 Å². The summed E-state index contributed by atoms with van der Waals surface area (Å²) in [5, 5.41) is 0.637. The lowest BCUT2D eigenvalue weighted by Crippen LogP contribution is -2.41. The third-order valence-electron chi connectivity index (χ3n) is 3.77. The number of carbonyl (C=O) groups excluding carboxylic acids is 2. The molecule has 0 saturated carbocycles. The molecule has 1 heterocycles. The van der Waals surface area contributed by atoms with Gasteiger partial charge in [-0.05, 0) is 42.7 Å². The van der Waals surface area contributed by atoms with Crippen LogP contribution >= 0.6 is 23.4 Å². The molecule has 2 rings (SSSR count). The summed E-state index contributed by atoms with van der Waals surface area (Å²) < 4.78 is 0. The number of piperidine rings is 1. The Bertz CT molecular complexity index is 565. The van der Waals surface area contributed by atoms with Crippen LogP contribution in [0.15, 0.2) is 23.1 Å². The summed E-state index contributed by atoms with van der Waals surface area (Å²) in [6.45, 7) is 3.37. The Hall–Kier alpha value is -1.20. The molecule has 1 unspecified atom stereocenters. The maximum absolute atomic E-state index is 12.8. The summed E-state index contributed by atoms with van der Waals surface area (Å²) >= 11 is 7.65. The normalized spacial score (nSPS) is 18.3. The van der Waals surface area contributed by atoms with Gasteiger partial charge < -0.3 is 10.6 Å². The summed E-state index contributed by atoms with van der Waals surface area (Å²) in [5.41, 5.74) is 5.97. The maximum Gasteiger partial charge on any atom is 0.255 e. The van der Waals surface area contributed by atoms with E-state index in [1.807, 2.05) is 17.9 Å². The number of hydrogen-bond acceptors (Lipinski definition) is 3. The van der Waals surface area contributed by atoms with Gasteiger partial charge in [0, 0.05) is 29.4 Å². The number of thioether (sulfide) groups is 1. The van der Waals surface area contributed by atoms with E-state index >= 15 is 0 Å². The van der Waals surface area contributed by atoms with Gasteiger partial charge in [-0.1, -0.05) is 18.5 Å². The molecule has 2 N–H and O–H groups in total. The molecule has 0 aromatic heterocycles. The molecule has 1 aliphatic heterocycles. The van der Waals surface area contributed by atoms with E-state index in [1.165, 1.54) is 0 Å². The molecule has 0 radical (unpaired) electrons. The van der Waals surface area contributed by atoms with Crippen LogP contribution in [-0.2, 0) is 4.79 Å². The molecule has 1 atom stereocenters. The van der Waals surface area contributed by atoms with Gasteiger partial charge in [0.25, 0.3) is 5.91 Å². The van der Waals surface area contributed by atoms with Crippen molar-refractivity contribution in [2.45, 2.75) is 31.1 Å². The quantitative estimate of drug-likeness (QED) is 0.837. The van der Waals surface area contributed by atoms with E-state index in [0.717, 1.165) is 30.0 Å². The van der Waals surface area contributed by atoms with Crippen molar-refractivity contribution in [2.75, 3.05) is 18.8 Å². The number of hydrogen-bond donors (Lipinski definition) is 1. The van der Waals surface area contributed by atoms with E-state index in [-0.39, 0.29) is 17.7 Å². The number of carbonyl (C=O) groups is 2. The highest BCUT2D eigenvalue weighted by Crippen LogP contribution is 2.29. The first-order valence-corrected chi connectivity index (χ1v) is 8.87. The van der Waals surface area contributed by atoms with Crippen LogP contribution in [0.5, 0.6) is 0 Å². The lowest BCUT2D eigenvalue weighted by Gasteiger charge is -2.32. The SMILES string of the molecule is CCSc1cc(Cl)ccc1C(=O)N1CCCC(CC(N)=O)C1. The largest absolute Gasteiger partial charge is 0.370 e. The van der Waals surface area contributed by atoms with E-state index in [4.69, 9.17) is 17.3 Å². The third-order valence-corrected chi connectivity index (χ3v) is 4.94. The summed E-state index contributed by atoms with van der Waals surface area (Å²) in [7, 11) is 0. The zero-order valence-electron chi connectivity index (χ0n) is 12.7. The predicted octanol–water partition coefficient (Wildman–Crippen LogP) is 3.18. The Morgan fingerprint density at radius 1 is 1.45 bits per heavy atom. The molecule has 1 aromatic rings. The Morgan fingerprint density at radius 2 is 2.23 bits per heavy atom. The summed E-state index contributed by atoms with van der Waals surface area (Å²) in [6, 6.07) is 5.38. The van der Waals surface area contributed by atoms with Crippen LogP contribution in [0.1, 0.15) is 36.5 Å². The first-order chi connectivity index (χ1) is 10.5. The lowest BCUT2D eigenvalue weighted by atomic mass is 9.94.